The largest absolute Gasteiger partial charge is 0.324 e. The van der Waals surface area contributed by atoms with Crippen LogP contribution in [-0.4, -0.2) is 34.1 Å². The molecule has 0 fully saturated rings. The van der Waals surface area contributed by atoms with Gasteiger partial charge >= 0.3 is 0 Å². The van der Waals surface area contributed by atoms with Crippen LogP contribution in [0.25, 0.3) is 11.3 Å². The van der Waals surface area contributed by atoms with Crippen molar-refractivity contribution in [1.82, 2.24) is 19.7 Å². The third-order valence-corrected chi connectivity index (χ3v) is 6.81. The van der Waals surface area contributed by atoms with Crippen molar-refractivity contribution in [2.75, 3.05) is 10.0 Å². The lowest BCUT2D eigenvalue weighted by molar-refractivity contribution is -0.119. The molecule has 10 nitrogen and oxygen atoms in total. The second kappa shape index (κ2) is 9.30. The van der Waals surface area contributed by atoms with Crippen molar-refractivity contribution < 1.29 is 13.2 Å². The standard InChI is InChI=1S/C21H18N6O4S2/c1-14(27-19(28)7-6-18(25-27)15-8-10-22-11-9-15)20(29)24-16-2-4-17(5-3-16)33(30,31)26-21-23-12-13-32-21/h2-14H,1H3,(H,23,26)(H,24,29). The molecule has 4 aromatic rings. The molecule has 33 heavy (non-hydrogen) atoms. The molecule has 3 heterocycles. The number of amides is 1. The van der Waals surface area contributed by atoms with Crippen LogP contribution in [0.2, 0.25) is 0 Å². The van der Waals surface area contributed by atoms with Gasteiger partial charge in [0.25, 0.3) is 15.6 Å². The normalized spacial score (nSPS) is 12.2. The van der Waals surface area contributed by atoms with Gasteiger partial charge in [-0.05, 0) is 49.4 Å². The predicted octanol–water partition coefficient (Wildman–Crippen LogP) is 2.76. The number of hydrogen-bond acceptors (Lipinski definition) is 8. The first-order valence-electron chi connectivity index (χ1n) is 9.67. The number of carbonyl (C=O) groups is 1. The van der Waals surface area contributed by atoms with E-state index < -0.39 is 27.5 Å². The molecule has 0 saturated heterocycles. The second-order valence-corrected chi connectivity index (χ2v) is 9.45. The van der Waals surface area contributed by atoms with Crippen LogP contribution in [0.5, 0.6) is 0 Å². The van der Waals surface area contributed by atoms with Gasteiger partial charge in [-0.15, -0.1) is 11.3 Å². The Bertz CT molecular complexity index is 1420. The number of anilines is 2. The number of thiazole rings is 1. The molecule has 0 spiro atoms. The van der Waals surface area contributed by atoms with Crippen LogP contribution in [-0.2, 0) is 14.8 Å². The summed E-state index contributed by atoms with van der Waals surface area (Å²) < 4.78 is 28.3. The number of nitrogens with one attached hydrogen (secondary N) is 2. The molecule has 2 N–H and O–H groups in total. The van der Waals surface area contributed by atoms with Crippen molar-refractivity contribution in [2.24, 2.45) is 0 Å². The molecule has 0 bridgehead atoms. The van der Waals surface area contributed by atoms with Crippen LogP contribution >= 0.6 is 11.3 Å². The first kappa shape index (κ1) is 22.3. The number of pyridine rings is 1. The molecule has 3 aromatic heterocycles. The van der Waals surface area contributed by atoms with Gasteiger partial charge < -0.3 is 5.32 Å². The van der Waals surface area contributed by atoms with Gasteiger partial charge in [-0.25, -0.2) is 18.1 Å². The Morgan fingerprint density at radius 1 is 1.03 bits per heavy atom. The maximum atomic E-state index is 12.7. The minimum absolute atomic E-state index is 0.0201. The van der Waals surface area contributed by atoms with Gasteiger partial charge in [0.1, 0.15) is 6.04 Å². The summed E-state index contributed by atoms with van der Waals surface area (Å²) in [6, 6.07) is 11.2. The molecular weight excluding hydrogens is 464 g/mol. The maximum Gasteiger partial charge on any atom is 0.267 e. The monoisotopic (exact) mass is 482 g/mol. The zero-order valence-corrected chi connectivity index (χ0v) is 18.9. The Kier molecular flexibility index (Phi) is 6.29. The number of sulfonamides is 1. The molecule has 0 radical (unpaired) electrons. The van der Waals surface area contributed by atoms with Crippen LogP contribution in [0, 0.1) is 0 Å². The minimum atomic E-state index is -3.80. The molecule has 1 amide bonds. The highest BCUT2D eigenvalue weighted by Gasteiger charge is 2.19. The molecule has 0 aliphatic heterocycles. The molecule has 1 aromatic carbocycles. The SMILES string of the molecule is CC(C(=O)Nc1ccc(S(=O)(=O)Nc2nccs2)cc1)n1nc(-c2ccncc2)ccc1=O. The third-order valence-electron chi connectivity index (χ3n) is 4.63. The molecule has 168 valence electrons. The third kappa shape index (κ3) is 5.13. The van der Waals surface area contributed by atoms with Gasteiger partial charge in [-0.1, -0.05) is 0 Å². The van der Waals surface area contributed by atoms with Gasteiger partial charge in [0, 0.05) is 41.3 Å². The Balaban J connectivity index is 1.49. The number of aromatic nitrogens is 4. The van der Waals surface area contributed by atoms with Gasteiger partial charge in [0.15, 0.2) is 5.13 Å². The molecule has 12 heteroatoms. The first-order chi connectivity index (χ1) is 15.8. The Morgan fingerprint density at radius 3 is 2.42 bits per heavy atom. The Hall–Kier alpha value is -3.90. The van der Waals surface area contributed by atoms with Crippen molar-refractivity contribution in [3.8, 4) is 11.3 Å². The fourth-order valence-electron chi connectivity index (χ4n) is 2.90. The highest BCUT2D eigenvalue weighted by molar-refractivity contribution is 7.93. The fourth-order valence-corrected chi connectivity index (χ4v) is 4.69. The van der Waals surface area contributed by atoms with Gasteiger partial charge in [-0.3, -0.25) is 19.3 Å². The van der Waals surface area contributed by atoms with Crippen LogP contribution in [0.3, 0.4) is 0 Å². The van der Waals surface area contributed by atoms with E-state index in [-0.39, 0.29) is 10.0 Å². The first-order valence-corrected chi connectivity index (χ1v) is 12.0. The highest BCUT2D eigenvalue weighted by atomic mass is 32.2. The van der Waals surface area contributed by atoms with E-state index in [0.29, 0.717) is 11.4 Å². The smallest absolute Gasteiger partial charge is 0.267 e. The predicted molar refractivity (Wildman–Crippen MR) is 124 cm³/mol. The number of carbonyl (C=O) groups excluding carboxylic acids is 1. The van der Waals surface area contributed by atoms with Crippen molar-refractivity contribution >= 4 is 38.1 Å². The van der Waals surface area contributed by atoms with E-state index in [1.165, 1.54) is 36.5 Å². The van der Waals surface area contributed by atoms with E-state index in [4.69, 9.17) is 0 Å². The summed E-state index contributed by atoms with van der Waals surface area (Å²) in [5.74, 6) is -0.479. The molecule has 4 rings (SSSR count). The van der Waals surface area contributed by atoms with E-state index >= 15 is 0 Å². The minimum Gasteiger partial charge on any atom is -0.324 e. The van der Waals surface area contributed by atoms with Crippen molar-refractivity contribution in [1.29, 1.82) is 0 Å². The summed E-state index contributed by atoms with van der Waals surface area (Å²) in [5, 5.41) is 8.90. The fraction of sp³-hybridized carbons (Fsp3) is 0.0952. The van der Waals surface area contributed by atoms with Gasteiger partial charge in [0.05, 0.1) is 10.6 Å². The molecule has 1 unspecified atom stereocenters. The van der Waals surface area contributed by atoms with Crippen molar-refractivity contribution in [3.05, 3.63) is 82.9 Å². The van der Waals surface area contributed by atoms with Crippen LogP contribution in [0.1, 0.15) is 13.0 Å². The summed E-state index contributed by atoms with van der Waals surface area (Å²) in [5.41, 5.74) is 1.23. The maximum absolute atomic E-state index is 12.7. The Morgan fingerprint density at radius 2 is 1.76 bits per heavy atom. The number of nitrogens with zero attached hydrogens (tertiary/aromatic N) is 4. The van der Waals surface area contributed by atoms with Crippen LogP contribution in [0.4, 0.5) is 10.8 Å². The zero-order valence-electron chi connectivity index (χ0n) is 17.2. The molecule has 0 aliphatic rings. The average molecular weight is 483 g/mol. The van der Waals surface area contributed by atoms with E-state index in [9.17, 15) is 18.0 Å². The quantitative estimate of drug-likeness (QED) is 0.413. The molecule has 0 aliphatic carbocycles. The number of hydrogen-bond donors (Lipinski definition) is 2. The summed E-state index contributed by atoms with van der Waals surface area (Å²) in [6.45, 7) is 1.55. The Labute approximate surface area is 193 Å². The lowest BCUT2D eigenvalue weighted by Crippen LogP contribution is -2.33. The van der Waals surface area contributed by atoms with Gasteiger partial charge in [0.2, 0.25) is 5.91 Å². The van der Waals surface area contributed by atoms with E-state index in [2.05, 4.69) is 25.1 Å². The molecule has 1 atom stereocenters. The van der Waals surface area contributed by atoms with Crippen LogP contribution in [0.15, 0.2) is 82.2 Å². The zero-order chi connectivity index (χ0) is 23.4. The lowest BCUT2D eigenvalue weighted by atomic mass is 10.2. The van der Waals surface area contributed by atoms with Crippen LogP contribution < -0.4 is 15.6 Å². The van der Waals surface area contributed by atoms with Gasteiger partial charge in [-0.2, -0.15) is 5.10 Å². The summed E-state index contributed by atoms with van der Waals surface area (Å²) in [7, 11) is -3.80. The summed E-state index contributed by atoms with van der Waals surface area (Å²) in [4.78, 5) is 32.9. The average Bonchev–Trinajstić information content (AvgIpc) is 3.32. The highest BCUT2D eigenvalue weighted by Crippen LogP contribution is 2.20. The molecular formula is C21H18N6O4S2. The van der Waals surface area contributed by atoms with E-state index in [0.717, 1.165) is 21.6 Å². The van der Waals surface area contributed by atoms with Crippen molar-refractivity contribution in [2.45, 2.75) is 17.9 Å². The number of benzene rings is 1. The van der Waals surface area contributed by atoms with E-state index in [1.807, 2.05) is 0 Å². The summed E-state index contributed by atoms with van der Waals surface area (Å²) in [6.07, 6.45) is 4.72. The lowest BCUT2D eigenvalue weighted by Gasteiger charge is -2.15. The summed E-state index contributed by atoms with van der Waals surface area (Å²) >= 11 is 1.16. The van der Waals surface area contributed by atoms with E-state index in [1.54, 1.807) is 42.9 Å². The second-order valence-electron chi connectivity index (χ2n) is 6.87. The molecule has 0 saturated carbocycles. The number of rotatable bonds is 7. The van der Waals surface area contributed by atoms with Crippen molar-refractivity contribution in [3.63, 3.8) is 0 Å². The topological polar surface area (TPSA) is 136 Å².